The van der Waals surface area contributed by atoms with E-state index in [1.54, 1.807) is 19.2 Å². The van der Waals surface area contributed by atoms with E-state index in [0.29, 0.717) is 18.7 Å². The smallest absolute Gasteiger partial charge is 0.257 e. The lowest BCUT2D eigenvalue weighted by molar-refractivity contribution is 0.102. The lowest BCUT2D eigenvalue weighted by atomic mass is 10.1. The maximum absolute atomic E-state index is 12.7. The van der Waals surface area contributed by atoms with E-state index in [1.807, 2.05) is 24.3 Å². The van der Waals surface area contributed by atoms with Crippen LogP contribution in [0.1, 0.15) is 24.2 Å². The molecule has 0 radical (unpaired) electrons. The minimum Gasteiger partial charge on any atom is -0.321 e. The second-order valence-electron chi connectivity index (χ2n) is 5.83. The molecule has 0 spiro atoms. The van der Waals surface area contributed by atoms with Gasteiger partial charge in [0.15, 0.2) is 0 Å². The molecule has 5 nitrogen and oxygen atoms in total. The van der Waals surface area contributed by atoms with Crippen molar-refractivity contribution in [3.05, 3.63) is 58.4 Å². The number of amides is 1. The molecular formula is C19H19ClN2O3S2. The van der Waals surface area contributed by atoms with E-state index in [0.717, 1.165) is 10.1 Å². The molecule has 1 aromatic heterocycles. The largest absolute Gasteiger partial charge is 0.321 e. The molecule has 0 aliphatic carbocycles. The van der Waals surface area contributed by atoms with Gasteiger partial charge in [-0.3, -0.25) is 4.79 Å². The Morgan fingerprint density at radius 2 is 1.85 bits per heavy atom. The average molecular weight is 423 g/mol. The van der Waals surface area contributed by atoms with Gasteiger partial charge in [-0.1, -0.05) is 43.6 Å². The van der Waals surface area contributed by atoms with Crippen molar-refractivity contribution in [2.45, 2.75) is 18.7 Å². The average Bonchev–Trinajstić information content (AvgIpc) is 3.08. The van der Waals surface area contributed by atoms with E-state index < -0.39 is 10.0 Å². The minimum atomic E-state index is -3.64. The van der Waals surface area contributed by atoms with Crippen molar-refractivity contribution in [1.29, 1.82) is 0 Å². The van der Waals surface area contributed by atoms with Gasteiger partial charge in [-0.2, -0.15) is 4.31 Å². The Morgan fingerprint density at radius 1 is 1.15 bits per heavy atom. The summed E-state index contributed by atoms with van der Waals surface area (Å²) < 4.78 is 27.8. The number of benzene rings is 2. The summed E-state index contributed by atoms with van der Waals surface area (Å²) in [6.45, 7) is 4.29. The Hall–Kier alpha value is -1.93. The second-order valence-corrected chi connectivity index (χ2v) is 9.09. The molecule has 1 amide bonds. The molecule has 0 atom stereocenters. The van der Waals surface area contributed by atoms with Crippen LogP contribution in [-0.4, -0.2) is 31.7 Å². The van der Waals surface area contributed by atoms with Gasteiger partial charge in [-0.05, 0) is 24.3 Å². The Morgan fingerprint density at radius 3 is 2.56 bits per heavy atom. The summed E-state index contributed by atoms with van der Waals surface area (Å²) in [5.74, 6) is -0.327. The first-order valence-corrected chi connectivity index (χ1v) is 11.2. The Labute approximate surface area is 167 Å². The van der Waals surface area contributed by atoms with Crippen LogP contribution < -0.4 is 5.32 Å². The molecule has 3 aromatic rings. The molecule has 142 valence electrons. The monoisotopic (exact) mass is 422 g/mol. The third-order valence-corrected chi connectivity index (χ3v) is 7.59. The lowest BCUT2D eigenvalue weighted by Crippen LogP contribution is -2.30. The number of anilines is 1. The topological polar surface area (TPSA) is 66.5 Å². The van der Waals surface area contributed by atoms with Crippen LogP contribution in [0.4, 0.5) is 5.69 Å². The molecule has 0 unspecified atom stereocenters. The zero-order valence-electron chi connectivity index (χ0n) is 14.9. The van der Waals surface area contributed by atoms with E-state index in [9.17, 15) is 13.2 Å². The number of halogens is 1. The van der Waals surface area contributed by atoms with Crippen LogP contribution >= 0.6 is 22.9 Å². The standard InChI is InChI=1S/C19H19ClN2O3S2/c1-3-22(4-2)27(24,25)13-9-10-16(20)17(11-13)21-19(23)15-12-26-18-8-6-5-7-14(15)18/h5-12H,3-4H2,1-2H3,(H,21,23). The number of nitrogens with zero attached hydrogens (tertiary/aromatic N) is 1. The van der Waals surface area contributed by atoms with Crippen LogP contribution in [0.3, 0.4) is 0 Å². The first-order chi connectivity index (χ1) is 12.9. The Kier molecular flexibility index (Phi) is 5.86. The van der Waals surface area contributed by atoms with E-state index in [1.165, 1.54) is 33.8 Å². The predicted octanol–water partition coefficient (Wildman–Crippen LogP) is 4.84. The summed E-state index contributed by atoms with van der Waals surface area (Å²) in [4.78, 5) is 12.8. The van der Waals surface area contributed by atoms with Gasteiger partial charge in [-0.25, -0.2) is 8.42 Å². The van der Waals surface area contributed by atoms with Crippen LogP contribution in [0.25, 0.3) is 10.1 Å². The highest BCUT2D eigenvalue weighted by Gasteiger charge is 2.23. The summed E-state index contributed by atoms with van der Waals surface area (Å²) in [6.07, 6.45) is 0. The van der Waals surface area contributed by atoms with Crippen LogP contribution in [0, 0.1) is 0 Å². The van der Waals surface area contributed by atoms with Crippen molar-refractivity contribution >= 4 is 54.6 Å². The van der Waals surface area contributed by atoms with Crippen molar-refractivity contribution in [2.24, 2.45) is 0 Å². The van der Waals surface area contributed by atoms with Crippen molar-refractivity contribution in [1.82, 2.24) is 4.31 Å². The number of hydrogen-bond acceptors (Lipinski definition) is 4. The highest BCUT2D eigenvalue weighted by atomic mass is 35.5. The highest BCUT2D eigenvalue weighted by Crippen LogP contribution is 2.30. The molecule has 0 fully saturated rings. The van der Waals surface area contributed by atoms with E-state index in [2.05, 4.69) is 5.32 Å². The van der Waals surface area contributed by atoms with Crippen molar-refractivity contribution in [3.63, 3.8) is 0 Å². The molecule has 2 aromatic carbocycles. The maximum Gasteiger partial charge on any atom is 0.257 e. The molecule has 0 aliphatic rings. The van der Waals surface area contributed by atoms with Gasteiger partial charge in [0.2, 0.25) is 10.0 Å². The van der Waals surface area contributed by atoms with Crippen LogP contribution in [0.5, 0.6) is 0 Å². The molecule has 27 heavy (non-hydrogen) atoms. The normalized spacial score (nSPS) is 11.9. The highest BCUT2D eigenvalue weighted by molar-refractivity contribution is 7.89. The fourth-order valence-electron chi connectivity index (χ4n) is 2.82. The van der Waals surface area contributed by atoms with Gasteiger partial charge in [0, 0.05) is 28.6 Å². The first kappa shape index (κ1) is 19.8. The Balaban J connectivity index is 1.94. The molecule has 8 heteroatoms. The van der Waals surface area contributed by atoms with E-state index in [-0.39, 0.29) is 21.5 Å². The van der Waals surface area contributed by atoms with Crippen LogP contribution in [0.2, 0.25) is 5.02 Å². The number of thiophene rings is 1. The Bertz CT molecular complexity index is 1090. The van der Waals surface area contributed by atoms with Crippen molar-refractivity contribution < 1.29 is 13.2 Å². The summed E-state index contributed by atoms with van der Waals surface area (Å²) in [7, 11) is -3.64. The molecular weight excluding hydrogens is 404 g/mol. The number of nitrogens with one attached hydrogen (secondary N) is 1. The first-order valence-electron chi connectivity index (χ1n) is 8.45. The van der Waals surface area contributed by atoms with Crippen LogP contribution in [0.15, 0.2) is 52.7 Å². The lowest BCUT2D eigenvalue weighted by Gasteiger charge is -2.19. The quantitative estimate of drug-likeness (QED) is 0.618. The second kappa shape index (κ2) is 7.98. The third kappa shape index (κ3) is 3.87. The number of sulfonamides is 1. The zero-order chi connectivity index (χ0) is 19.6. The van der Waals surface area contributed by atoms with Crippen molar-refractivity contribution in [2.75, 3.05) is 18.4 Å². The predicted molar refractivity (Wildman–Crippen MR) is 111 cm³/mol. The molecule has 1 N–H and O–H groups in total. The van der Waals surface area contributed by atoms with Gasteiger partial charge in [0.25, 0.3) is 5.91 Å². The van der Waals surface area contributed by atoms with Crippen LogP contribution in [-0.2, 0) is 10.0 Å². The summed E-state index contributed by atoms with van der Waals surface area (Å²) in [5, 5.41) is 5.66. The van der Waals surface area contributed by atoms with Crippen molar-refractivity contribution in [3.8, 4) is 0 Å². The molecule has 0 saturated heterocycles. The molecule has 1 heterocycles. The van der Waals surface area contributed by atoms with E-state index >= 15 is 0 Å². The third-order valence-electron chi connectivity index (χ3n) is 4.25. The SMILES string of the molecule is CCN(CC)S(=O)(=O)c1ccc(Cl)c(NC(=O)c2csc3ccccc23)c1. The minimum absolute atomic E-state index is 0.0982. The summed E-state index contributed by atoms with van der Waals surface area (Å²) in [5.41, 5.74) is 0.800. The van der Waals surface area contributed by atoms with E-state index in [4.69, 9.17) is 11.6 Å². The molecule has 0 bridgehead atoms. The van der Waals surface area contributed by atoms with Gasteiger partial charge in [0.1, 0.15) is 0 Å². The molecule has 3 rings (SSSR count). The fraction of sp³-hybridized carbons (Fsp3) is 0.211. The van der Waals surface area contributed by atoms with Gasteiger partial charge in [0.05, 0.1) is 21.2 Å². The van der Waals surface area contributed by atoms with Gasteiger partial charge in [-0.15, -0.1) is 11.3 Å². The maximum atomic E-state index is 12.7. The van der Waals surface area contributed by atoms with Gasteiger partial charge < -0.3 is 5.32 Å². The number of carbonyl (C=O) groups is 1. The number of rotatable bonds is 6. The van der Waals surface area contributed by atoms with Gasteiger partial charge >= 0.3 is 0 Å². The zero-order valence-corrected chi connectivity index (χ0v) is 17.3. The summed E-state index contributed by atoms with van der Waals surface area (Å²) >= 11 is 7.67. The molecule has 0 aliphatic heterocycles. The number of hydrogen-bond donors (Lipinski definition) is 1. The molecule has 0 saturated carbocycles. The summed E-state index contributed by atoms with van der Waals surface area (Å²) in [6, 6.07) is 12.0. The number of carbonyl (C=O) groups excluding carboxylic acids is 1. The fourth-order valence-corrected chi connectivity index (χ4v) is 5.41. The number of fused-ring (bicyclic) bond motifs is 1.